The SMILES string of the molecule is CCOc1cccc(CNC(C)c2ccc(OC(F)F)cc2)c1. The first kappa shape index (κ1) is 17.2. The van der Waals surface area contributed by atoms with E-state index in [9.17, 15) is 8.78 Å². The van der Waals surface area contributed by atoms with Gasteiger partial charge in [-0.05, 0) is 49.2 Å². The molecule has 5 heteroatoms. The third kappa shape index (κ3) is 5.53. The molecule has 23 heavy (non-hydrogen) atoms. The van der Waals surface area contributed by atoms with Crippen LogP contribution in [0.25, 0.3) is 0 Å². The molecular formula is C18H21F2NO2. The zero-order valence-electron chi connectivity index (χ0n) is 13.3. The van der Waals surface area contributed by atoms with E-state index in [1.165, 1.54) is 0 Å². The van der Waals surface area contributed by atoms with Gasteiger partial charge < -0.3 is 14.8 Å². The molecule has 0 heterocycles. The van der Waals surface area contributed by atoms with Crippen molar-refractivity contribution in [3.63, 3.8) is 0 Å². The maximum atomic E-state index is 12.1. The van der Waals surface area contributed by atoms with Gasteiger partial charge in [-0.25, -0.2) is 0 Å². The molecule has 3 nitrogen and oxygen atoms in total. The highest BCUT2D eigenvalue weighted by molar-refractivity contribution is 5.30. The van der Waals surface area contributed by atoms with Gasteiger partial charge >= 0.3 is 6.61 Å². The van der Waals surface area contributed by atoms with Crippen LogP contribution < -0.4 is 14.8 Å². The molecule has 0 saturated heterocycles. The fraction of sp³-hybridized carbons (Fsp3) is 0.333. The number of hydrogen-bond donors (Lipinski definition) is 1. The molecule has 0 spiro atoms. The van der Waals surface area contributed by atoms with Gasteiger partial charge in [-0.3, -0.25) is 0 Å². The summed E-state index contributed by atoms with van der Waals surface area (Å²) in [7, 11) is 0. The Balaban J connectivity index is 1.91. The molecule has 0 fully saturated rings. The van der Waals surface area contributed by atoms with Crippen molar-refractivity contribution in [3.8, 4) is 11.5 Å². The van der Waals surface area contributed by atoms with Crippen molar-refractivity contribution < 1.29 is 18.3 Å². The minimum absolute atomic E-state index is 0.0892. The first-order valence-corrected chi connectivity index (χ1v) is 7.58. The standard InChI is InChI=1S/C18H21F2NO2/c1-3-22-17-6-4-5-14(11-17)12-21-13(2)15-7-9-16(10-8-15)23-18(19)20/h4-11,13,18,21H,3,12H2,1-2H3. The topological polar surface area (TPSA) is 30.5 Å². The summed E-state index contributed by atoms with van der Waals surface area (Å²) in [6, 6.07) is 14.7. The molecule has 1 N–H and O–H groups in total. The number of rotatable bonds is 8. The van der Waals surface area contributed by atoms with Gasteiger partial charge in [0.05, 0.1) is 6.61 Å². The number of ether oxygens (including phenoxy) is 2. The van der Waals surface area contributed by atoms with Crippen LogP contribution in [0.4, 0.5) is 8.78 Å². The van der Waals surface area contributed by atoms with Crippen molar-refractivity contribution in [1.82, 2.24) is 5.32 Å². The van der Waals surface area contributed by atoms with E-state index in [4.69, 9.17) is 4.74 Å². The Bertz CT molecular complexity index is 602. The van der Waals surface area contributed by atoms with Crippen LogP contribution in [0.2, 0.25) is 0 Å². The lowest BCUT2D eigenvalue weighted by molar-refractivity contribution is -0.0498. The highest BCUT2D eigenvalue weighted by Gasteiger charge is 2.08. The van der Waals surface area contributed by atoms with Crippen LogP contribution in [0.3, 0.4) is 0 Å². The van der Waals surface area contributed by atoms with Crippen LogP contribution in [0.1, 0.15) is 31.0 Å². The minimum atomic E-state index is -2.80. The van der Waals surface area contributed by atoms with E-state index in [2.05, 4.69) is 10.1 Å². The molecule has 1 unspecified atom stereocenters. The number of alkyl halides is 2. The molecular weight excluding hydrogens is 300 g/mol. The quantitative estimate of drug-likeness (QED) is 0.774. The number of nitrogens with one attached hydrogen (secondary N) is 1. The third-order valence-corrected chi connectivity index (χ3v) is 3.43. The average molecular weight is 321 g/mol. The maximum absolute atomic E-state index is 12.1. The van der Waals surface area contributed by atoms with Crippen LogP contribution in [-0.2, 0) is 6.54 Å². The monoisotopic (exact) mass is 321 g/mol. The highest BCUT2D eigenvalue weighted by atomic mass is 19.3. The van der Waals surface area contributed by atoms with Gasteiger partial charge in [0.1, 0.15) is 11.5 Å². The molecule has 2 aromatic carbocycles. The van der Waals surface area contributed by atoms with Gasteiger partial charge in [0.15, 0.2) is 0 Å². The van der Waals surface area contributed by atoms with Crippen molar-refractivity contribution in [1.29, 1.82) is 0 Å². The molecule has 0 saturated carbocycles. The molecule has 1 atom stereocenters. The van der Waals surface area contributed by atoms with Crippen molar-refractivity contribution in [2.75, 3.05) is 6.61 Å². The average Bonchev–Trinajstić information content (AvgIpc) is 2.53. The van der Waals surface area contributed by atoms with Crippen LogP contribution in [0.5, 0.6) is 11.5 Å². The predicted molar refractivity (Wildman–Crippen MR) is 85.9 cm³/mol. The van der Waals surface area contributed by atoms with Gasteiger partial charge in [0.2, 0.25) is 0 Å². The van der Waals surface area contributed by atoms with E-state index < -0.39 is 6.61 Å². The largest absolute Gasteiger partial charge is 0.494 e. The third-order valence-electron chi connectivity index (χ3n) is 3.43. The summed E-state index contributed by atoms with van der Waals surface area (Å²) in [4.78, 5) is 0. The first-order valence-electron chi connectivity index (χ1n) is 7.58. The Hall–Kier alpha value is -2.14. The number of benzene rings is 2. The van der Waals surface area contributed by atoms with Gasteiger partial charge in [-0.1, -0.05) is 24.3 Å². The number of halogens is 2. The Morgan fingerprint density at radius 1 is 1.04 bits per heavy atom. The molecule has 2 aromatic rings. The Morgan fingerprint density at radius 2 is 1.78 bits per heavy atom. The molecule has 0 bridgehead atoms. The van der Waals surface area contributed by atoms with Crippen molar-refractivity contribution in [2.24, 2.45) is 0 Å². The Kier molecular flexibility index (Phi) is 6.35. The van der Waals surface area contributed by atoms with E-state index in [0.717, 1.165) is 16.9 Å². The smallest absolute Gasteiger partial charge is 0.387 e. The van der Waals surface area contributed by atoms with Gasteiger partial charge in [-0.15, -0.1) is 0 Å². The lowest BCUT2D eigenvalue weighted by atomic mass is 10.1. The minimum Gasteiger partial charge on any atom is -0.494 e. The van der Waals surface area contributed by atoms with Crippen LogP contribution in [0.15, 0.2) is 48.5 Å². The zero-order valence-corrected chi connectivity index (χ0v) is 13.3. The molecule has 0 aliphatic carbocycles. The van der Waals surface area contributed by atoms with E-state index in [0.29, 0.717) is 13.2 Å². The normalized spacial score (nSPS) is 12.2. The van der Waals surface area contributed by atoms with Crippen molar-refractivity contribution in [3.05, 3.63) is 59.7 Å². The van der Waals surface area contributed by atoms with Crippen molar-refractivity contribution in [2.45, 2.75) is 33.0 Å². The summed E-state index contributed by atoms with van der Waals surface area (Å²) < 4.78 is 34.1. The summed E-state index contributed by atoms with van der Waals surface area (Å²) in [5.74, 6) is 1.02. The van der Waals surface area contributed by atoms with Crippen LogP contribution >= 0.6 is 0 Å². The maximum Gasteiger partial charge on any atom is 0.387 e. The fourth-order valence-corrected chi connectivity index (χ4v) is 2.24. The van der Waals surface area contributed by atoms with E-state index >= 15 is 0 Å². The molecule has 124 valence electrons. The summed E-state index contributed by atoms with van der Waals surface area (Å²) in [5.41, 5.74) is 2.13. The Morgan fingerprint density at radius 3 is 2.43 bits per heavy atom. The van der Waals surface area contributed by atoms with Crippen molar-refractivity contribution >= 4 is 0 Å². The molecule has 0 aliphatic rings. The van der Waals surface area contributed by atoms with E-state index in [1.807, 2.05) is 38.1 Å². The summed E-state index contributed by atoms with van der Waals surface area (Å²) >= 11 is 0. The molecule has 0 aliphatic heterocycles. The molecule has 2 rings (SSSR count). The lowest BCUT2D eigenvalue weighted by Crippen LogP contribution is -2.18. The van der Waals surface area contributed by atoms with Crippen LogP contribution in [0, 0.1) is 0 Å². The van der Waals surface area contributed by atoms with E-state index in [1.54, 1.807) is 24.3 Å². The molecule has 0 radical (unpaired) electrons. The summed E-state index contributed by atoms with van der Waals surface area (Å²) in [6.07, 6.45) is 0. The van der Waals surface area contributed by atoms with Gasteiger partial charge in [-0.2, -0.15) is 8.78 Å². The highest BCUT2D eigenvalue weighted by Crippen LogP contribution is 2.20. The number of hydrogen-bond acceptors (Lipinski definition) is 3. The van der Waals surface area contributed by atoms with Gasteiger partial charge in [0.25, 0.3) is 0 Å². The van der Waals surface area contributed by atoms with Gasteiger partial charge in [0, 0.05) is 12.6 Å². The second-order valence-corrected chi connectivity index (χ2v) is 5.13. The second-order valence-electron chi connectivity index (χ2n) is 5.13. The van der Waals surface area contributed by atoms with Crippen LogP contribution in [-0.4, -0.2) is 13.2 Å². The van der Waals surface area contributed by atoms with E-state index in [-0.39, 0.29) is 11.8 Å². The summed E-state index contributed by atoms with van der Waals surface area (Å²) in [5, 5.41) is 3.40. The second kappa shape index (κ2) is 8.48. The molecule has 0 aromatic heterocycles. The summed E-state index contributed by atoms with van der Waals surface area (Å²) in [6.45, 7) is 2.51. The Labute approximate surface area is 135 Å². The fourth-order valence-electron chi connectivity index (χ4n) is 2.24. The predicted octanol–water partition coefficient (Wildman–Crippen LogP) is 4.54. The molecule has 0 amide bonds. The zero-order chi connectivity index (χ0) is 16.7. The first-order chi connectivity index (χ1) is 11.1. The lowest BCUT2D eigenvalue weighted by Gasteiger charge is -2.15.